The van der Waals surface area contributed by atoms with E-state index in [0.717, 1.165) is 13.1 Å². The molecule has 1 atom stereocenters. The molecule has 0 N–H and O–H groups in total. The summed E-state index contributed by atoms with van der Waals surface area (Å²) in [4.78, 5) is 15.9. The average Bonchev–Trinajstić information content (AvgIpc) is 2.91. The molecule has 2 saturated heterocycles. The lowest BCUT2D eigenvalue weighted by molar-refractivity contribution is -0.128. The fourth-order valence-corrected chi connectivity index (χ4v) is 3.07. The molecule has 0 bridgehead atoms. The minimum Gasteiger partial charge on any atom is -0.342 e. The van der Waals surface area contributed by atoms with Crippen LogP contribution in [0, 0.1) is 5.41 Å². The van der Waals surface area contributed by atoms with E-state index in [-0.39, 0.29) is 5.91 Å². The summed E-state index contributed by atoms with van der Waals surface area (Å²) in [5, 5.41) is 0. The van der Waals surface area contributed by atoms with Gasteiger partial charge >= 0.3 is 0 Å². The van der Waals surface area contributed by atoms with Crippen LogP contribution in [0.4, 0.5) is 0 Å². The van der Waals surface area contributed by atoms with Gasteiger partial charge in [-0.05, 0) is 32.4 Å². The second kappa shape index (κ2) is 6.39. The van der Waals surface area contributed by atoms with Gasteiger partial charge in [0.05, 0.1) is 0 Å². The number of carbonyl (C=O) groups is 1. The van der Waals surface area contributed by atoms with E-state index < -0.39 is 0 Å². The van der Waals surface area contributed by atoms with Gasteiger partial charge in [-0.2, -0.15) is 0 Å². The van der Waals surface area contributed by atoms with Gasteiger partial charge in [-0.25, -0.2) is 0 Å². The van der Waals surface area contributed by atoms with Crippen molar-refractivity contribution in [3.63, 3.8) is 0 Å². The number of rotatable bonds is 2. The van der Waals surface area contributed by atoms with E-state index in [4.69, 9.17) is 0 Å². The highest BCUT2D eigenvalue weighted by molar-refractivity contribution is 5.73. The van der Waals surface area contributed by atoms with Gasteiger partial charge in [-0.3, -0.25) is 4.79 Å². The highest BCUT2D eigenvalue weighted by Gasteiger charge is 2.43. The normalized spacial score (nSPS) is 28.4. The van der Waals surface area contributed by atoms with Crippen LogP contribution < -0.4 is 0 Å². The number of hydrogen-bond donors (Lipinski definition) is 0. The third-order valence-corrected chi connectivity index (χ3v) is 3.94. The summed E-state index contributed by atoms with van der Waals surface area (Å²) in [5.41, 5.74) is 0.445. The van der Waals surface area contributed by atoms with E-state index in [0.29, 0.717) is 5.41 Å². The van der Waals surface area contributed by atoms with Gasteiger partial charge in [0, 0.05) is 32.0 Å². The van der Waals surface area contributed by atoms with Gasteiger partial charge in [0.15, 0.2) is 0 Å². The summed E-state index contributed by atoms with van der Waals surface area (Å²) in [7, 11) is 0. The van der Waals surface area contributed by atoms with Crippen molar-refractivity contribution in [1.29, 1.82) is 0 Å². The molecule has 0 aliphatic carbocycles. The first-order chi connectivity index (χ1) is 8.15. The molecular formula is C14H28N2O. The Morgan fingerprint density at radius 3 is 2.35 bits per heavy atom. The van der Waals surface area contributed by atoms with Crippen LogP contribution in [-0.2, 0) is 4.79 Å². The smallest absolute Gasteiger partial charge is 0.219 e. The van der Waals surface area contributed by atoms with E-state index in [1.54, 1.807) is 6.92 Å². The molecule has 2 aliphatic heterocycles. The summed E-state index contributed by atoms with van der Waals surface area (Å²) < 4.78 is 0. The fourth-order valence-electron chi connectivity index (χ4n) is 3.07. The fraction of sp³-hybridized carbons (Fsp3) is 0.929. The van der Waals surface area contributed by atoms with Gasteiger partial charge in [0.25, 0.3) is 0 Å². The van der Waals surface area contributed by atoms with Crippen LogP contribution in [0.25, 0.3) is 0 Å². The Hall–Kier alpha value is -0.570. The van der Waals surface area contributed by atoms with Crippen LogP contribution in [0.1, 0.15) is 47.0 Å². The maximum atomic E-state index is 11.3. The van der Waals surface area contributed by atoms with Gasteiger partial charge < -0.3 is 9.80 Å². The topological polar surface area (TPSA) is 23.6 Å². The average molecular weight is 240 g/mol. The molecule has 100 valence electrons. The molecule has 0 aromatic heterocycles. The van der Waals surface area contributed by atoms with E-state index in [2.05, 4.69) is 11.8 Å². The minimum absolute atomic E-state index is 0.251. The largest absolute Gasteiger partial charge is 0.342 e. The van der Waals surface area contributed by atoms with Crippen molar-refractivity contribution in [2.24, 2.45) is 5.41 Å². The molecule has 2 heterocycles. The van der Waals surface area contributed by atoms with Crippen LogP contribution in [-0.4, -0.2) is 48.4 Å². The van der Waals surface area contributed by atoms with Gasteiger partial charge in [-0.1, -0.05) is 20.8 Å². The second-order valence-corrected chi connectivity index (χ2v) is 5.22. The first-order valence-electron chi connectivity index (χ1n) is 7.13. The monoisotopic (exact) mass is 240 g/mol. The summed E-state index contributed by atoms with van der Waals surface area (Å²) in [6.45, 7) is 13.6. The van der Waals surface area contributed by atoms with Crippen molar-refractivity contribution < 1.29 is 4.79 Å². The Morgan fingerprint density at radius 2 is 1.82 bits per heavy atom. The number of amides is 1. The van der Waals surface area contributed by atoms with Crippen LogP contribution in [0.2, 0.25) is 0 Å². The summed E-state index contributed by atoms with van der Waals surface area (Å²) >= 11 is 0. The van der Waals surface area contributed by atoms with Crippen molar-refractivity contribution >= 4 is 5.91 Å². The van der Waals surface area contributed by atoms with Crippen molar-refractivity contribution in [2.75, 3.05) is 32.7 Å². The highest BCUT2D eigenvalue weighted by Crippen LogP contribution is 2.39. The van der Waals surface area contributed by atoms with Gasteiger partial charge in [0.2, 0.25) is 5.91 Å². The lowest BCUT2D eigenvalue weighted by atomic mass is 9.86. The van der Waals surface area contributed by atoms with Crippen molar-refractivity contribution in [3.05, 3.63) is 0 Å². The third-order valence-electron chi connectivity index (χ3n) is 3.94. The summed E-state index contributed by atoms with van der Waals surface area (Å²) in [6.07, 6.45) is 3.75. The zero-order chi connectivity index (χ0) is 12.9. The van der Waals surface area contributed by atoms with E-state index in [1.807, 2.05) is 18.7 Å². The van der Waals surface area contributed by atoms with Crippen LogP contribution in [0.5, 0.6) is 0 Å². The predicted molar refractivity (Wildman–Crippen MR) is 72.0 cm³/mol. The third kappa shape index (κ3) is 3.44. The first-order valence-corrected chi connectivity index (χ1v) is 7.13. The SMILES string of the molecule is CC.CCCN1CCC2(CCN(C(C)=O)C2)C1. The van der Waals surface area contributed by atoms with E-state index in [9.17, 15) is 4.79 Å². The second-order valence-electron chi connectivity index (χ2n) is 5.22. The molecule has 0 radical (unpaired) electrons. The van der Waals surface area contributed by atoms with Crippen LogP contribution >= 0.6 is 0 Å². The molecule has 3 heteroatoms. The lowest BCUT2D eigenvalue weighted by Gasteiger charge is -2.24. The molecule has 3 nitrogen and oxygen atoms in total. The maximum Gasteiger partial charge on any atom is 0.219 e. The number of hydrogen-bond acceptors (Lipinski definition) is 2. The van der Waals surface area contributed by atoms with E-state index in [1.165, 1.54) is 38.9 Å². The molecule has 1 amide bonds. The van der Waals surface area contributed by atoms with Crippen molar-refractivity contribution in [3.8, 4) is 0 Å². The number of nitrogens with zero attached hydrogens (tertiary/aromatic N) is 2. The summed E-state index contributed by atoms with van der Waals surface area (Å²) in [5.74, 6) is 0.251. The lowest BCUT2D eigenvalue weighted by Crippen LogP contribution is -2.33. The van der Waals surface area contributed by atoms with Crippen LogP contribution in [0.15, 0.2) is 0 Å². The van der Waals surface area contributed by atoms with Crippen molar-refractivity contribution in [2.45, 2.75) is 47.0 Å². The predicted octanol–water partition coefficient (Wildman–Crippen LogP) is 2.37. The van der Waals surface area contributed by atoms with Crippen molar-refractivity contribution in [1.82, 2.24) is 9.80 Å². The molecule has 1 unspecified atom stereocenters. The van der Waals surface area contributed by atoms with Crippen LogP contribution in [0.3, 0.4) is 0 Å². The Kier molecular flexibility index (Phi) is 5.44. The Balaban J connectivity index is 0.000000686. The Bertz CT molecular complexity index is 255. The molecule has 2 fully saturated rings. The minimum atomic E-state index is 0.251. The van der Waals surface area contributed by atoms with E-state index >= 15 is 0 Å². The quantitative estimate of drug-likeness (QED) is 0.740. The molecular weight excluding hydrogens is 212 g/mol. The molecule has 0 aromatic carbocycles. The molecule has 0 saturated carbocycles. The van der Waals surface area contributed by atoms with Gasteiger partial charge in [0.1, 0.15) is 0 Å². The standard InChI is InChI=1S/C12H22N2O.C2H6/c1-3-6-13-7-4-12(9-13)5-8-14(10-12)11(2)15;1-2/h3-10H2,1-2H3;1-2H3. The zero-order valence-corrected chi connectivity index (χ0v) is 12.0. The highest BCUT2D eigenvalue weighted by atomic mass is 16.2. The molecule has 2 aliphatic rings. The van der Waals surface area contributed by atoms with Gasteiger partial charge in [-0.15, -0.1) is 0 Å². The number of carbonyl (C=O) groups excluding carboxylic acids is 1. The zero-order valence-electron chi connectivity index (χ0n) is 12.0. The molecule has 2 rings (SSSR count). The molecule has 1 spiro atoms. The molecule has 0 aromatic rings. The Labute approximate surface area is 106 Å². The maximum absolute atomic E-state index is 11.3. The molecule has 17 heavy (non-hydrogen) atoms. The first kappa shape index (κ1) is 14.5. The number of likely N-dealkylation sites (tertiary alicyclic amines) is 2. The summed E-state index contributed by atoms with van der Waals surface area (Å²) in [6, 6.07) is 0. The Morgan fingerprint density at radius 1 is 1.18 bits per heavy atom.